The number of nitrogens with one attached hydrogen (secondary N) is 1. The lowest BCUT2D eigenvalue weighted by molar-refractivity contribution is 0.0996. The summed E-state index contributed by atoms with van der Waals surface area (Å²) < 4.78 is 0. The largest absolute Gasteiger partial charge is 0.364 e. The number of hydrogen-bond donors (Lipinski definition) is 2. The van der Waals surface area contributed by atoms with Crippen molar-refractivity contribution in [3.05, 3.63) is 40.5 Å². The van der Waals surface area contributed by atoms with Gasteiger partial charge in [-0.25, -0.2) is 4.98 Å². The molecule has 3 rings (SSSR count). The number of piperidine rings is 1. The van der Waals surface area contributed by atoms with Crippen LogP contribution in [0.5, 0.6) is 0 Å². The Labute approximate surface area is 128 Å². The predicted octanol–water partition coefficient (Wildman–Crippen LogP) is 2.68. The van der Waals surface area contributed by atoms with Gasteiger partial charge in [-0.1, -0.05) is 29.8 Å². The van der Waals surface area contributed by atoms with Gasteiger partial charge in [0.25, 0.3) is 5.91 Å². The zero-order valence-corrected chi connectivity index (χ0v) is 12.9. The summed E-state index contributed by atoms with van der Waals surface area (Å²) in [6.07, 6.45) is 2.14. The highest BCUT2D eigenvalue weighted by Gasteiger charge is 2.23. The molecule has 5 heteroatoms. The molecule has 4 nitrogen and oxygen atoms in total. The molecule has 2 aromatic rings. The first-order valence-corrected chi connectivity index (χ1v) is 8.05. The van der Waals surface area contributed by atoms with Crippen molar-refractivity contribution in [1.29, 1.82) is 0 Å². The van der Waals surface area contributed by atoms with E-state index >= 15 is 0 Å². The second kappa shape index (κ2) is 5.95. The van der Waals surface area contributed by atoms with E-state index in [-0.39, 0.29) is 0 Å². The maximum atomic E-state index is 11.7. The third-order valence-electron chi connectivity index (χ3n) is 3.88. The molecular weight excluding hydrogens is 282 g/mol. The summed E-state index contributed by atoms with van der Waals surface area (Å²) in [5.41, 5.74) is 8.15. The summed E-state index contributed by atoms with van der Waals surface area (Å²) in [5, 5.41) is 4.39. The fourth-order valence-corrected chi connectivity index (χ4v) is 3.89. The smallest absolute Gasteiger partial charge is 0.268 e. The molecule has 1 aliphatic heterocycles. The van der Waals surface area contributed by atoms with E-state index in [0.29, 0.717) is 11.6 Å². The van der Waals surface area contributed by atoms with Crippen molar-refractivity contribution >= 4 is 17.2 Å². The van der Waals surface area contributed by atoms with Gasteiger partial charge in [-0.3, -0.25) is 4.79 Å². The van der Waals surface area contributed by atoms with Crippen LogP contribution in [0, 0.1) is 6.92 Å². The molecule has 21 heavy (non-hydrogen) atoms. The number of nitrogens with zero attached hydrogens (tertiary/aromatic N) is 1. The molecule has 0 unspecified atom stereocenters. The molecule has 0 bridgehead atoms. The van der Waals surface area contributed by atoms with Crippen molar-refractivity contribution in [3.63, 3.8) is 0 Å². The molecule has 0 spiro atoms. The van der Waals surface area contributed by atoms with E-state index in [0.717, 1.165) is 41.4 Å². The van der Waals surface area contributed by atoms with Crippen LogP contribution in [0.3, 0.4) is 0 Å². The van der Waals surface area contributed by atoms with E-state index in [1.54, 1.807) is 11.3 Å². The Morgan fingerprint density at radius 2 is 1.95 bits per heavy atom. The van der Waals surface area contributed by atoms with Crippen LogP contribution in [-0.2, 0) is 0 Å². The van der Waals surface area contributed by atoms with Gasteiger partial charge in [0.05, 0.1) is 9.88 Å². The SMILES string of the molecule is Cc1ccc(-c2sc(C3CCNCC3)nc2C(N)=O)cc1. The van der Waals surface area contributed by atoms with Crippen LogP contribution in [0.15, 0.2) is 24.3 Å². The van der Waals surface area contributed by atoms with Crippen LogP contribution < -0.4 is 11.1 Å². The summed E-state index contributed by atoms with van der Waals surface area (Å²) in [4.78, 5) is 17.2. The van der Waals surface area contributed by atoms with Gasteiger partial charge >= 0.3 is 0 Å². The van der Waals surface area contributed by atoms with Gasteiger partial charge in [-0.05, 0) is 38.4 Å². The Balaban J connectivity index is 2.00. The summed E-state index contributed by atoms with van der Waals surface area (Å²) >= 11 is 1.61. The average molecular weight is 301 g/mol. The minimum atomic E-state index is -0.443. The average Bonchev–Trinajstić information content (AvgIpc) is 2.94. The Hall–Kier alpha value is -1.72. The van der Waals surface area contributed by atoms with E-state index in [9.17, 15) is 4.79 Å². The number of benzene rings is 1. The minimum absolute atomic E-state index is 0.414. The van der Waals surface area contributed by atoms with Crippen LogP contribution in [0.1, 0.15) is 39.8 Å². The van der Waals surface area contributed by atoms with Crippen molar-refractivity contribution in [2.75, 3.05) is 13.1 Å². The van der Waals surface area contributed by atoms with Crippen LogP contribution in [0.2, 0.25) is 0 Å². The number of rotatable bonds is 3. The number of nitrogens with two attached hydrogens (primary N) is 1. The van der Waals surface area contributed by atoms with Crippen LogP contribution in [0.4, 0.5) is 0 Å². The minimum Gasteiger partial charge on any atom is -0.364 e. The Kier molecular flexibility index (Phi) is 4.03. The summed E-state index contributed by atoms with van der Waals surface area (Å²) in [6, 6.07) is 8.15. The molecule has 1 saturated heterocycles. The third kappa shape index (κ3) is 2.99. The monoisotopic (exact) mass is 301 g/mol. The van der Waals surface area contributed by atoms with Crippen LogP contribution in [0.25, 0.3) is 10.4 Å². The van der Waals surface area contributed by atoms with Gasteiger partial charge < -0.3 is 11.1 Å². The van der Waals surface area contributed by atoms with E-state index in [1.165, 1.54) is 5.56 Å². The molecular formula is C16H19N3OS. The molecule has 0 radical (unpaired) electrons. The number of carbonyl (C=O) groups excluding carboxylic acids is 1. The van der Waals surface area contributed by atoms with Crippen molar-refractivity contribution in [3.8, 4) is 10.4 Å². The maximum Gasteiger partial charge on any atom is 0.268 e. The Bertz CT molecular complexity index is 642. The summed E-state index contributed by atoms with van der Waals surface area (Å²) in [6.45, 7) is 4.07. The first kappa shape index (κ1) is 14.2. The number of hydrogen-bond acceptors (Lipinski definition) is 4. The van der Waals surface area contributed by atoms with Crippen molar-refractivity contribution in [2.24, 2.45) is 5.73 Å². The highest BCUT2D eigenvalue weighted by atomic mass is 32.1. The second-order valence-electron chi connectivity index (χ2n) is 5.48. The van der Waals surface area contributed by atoms with Gasteiger partial charge in [-0.15, -0.1) is 11.3 Å². The van der Waals surface area contributed by atoms with E-state index < -0.39 is 5.91 Å². The first-order chi connectivity index (χ1) is 10.1. The lowest BCUT2D eigenvalue weighted by Gasteiger charge is -2.20. The van der Waals surface area contributed by atoms with Gasteiger partial charge in [0.15, 0.2) is 0 Å². The normalized spacial score (nSPS) is 16.0. The topological polar surface area (TPSA) is 68.0 Å². The fraction of sp³-hybridized carbons (Fsp3) is 0.375. The number of thiazole rings is 1. The highest BCUT2D eigenvalue weighted by molar-refractivity contribution is 7.15. The number of aromatic nitrogens is 1. The van der Waals surface area contributed by atoms with Crippen LogP contribution in [-0.4, -0.2) is 24.0 Å². The molecule has 1 fully saturated rings. The molecule has 2 heterocycles. The van der Waals surface area contributed by atoms with Crippen LogP contribution >= 0.6 is 11.3 Å². The van der Waals surface area contributed by atoms with E-state index in [2.05, 4.69) is 10.3 Å². The van der Waals surface area contributed by atoms with Gasteiger partial charge in [-0.2, -0.15) is 0 Å². The standard InChI is InChI=1S/C16H19N3OS/c1-10-2-4-11(5-3-10)14-13(15(17)20)19-16(21-14)12-6-8-18-9-7-12/h2-5,12,18H,6-9H2,1H3,(H2,17,20). The molecule has 3 N–H and O–H groups in total. The third-order valence-corrected chi connectivity index (χ3v) is 5.15. The van der Waals surface area contributed by atoms with E-state index in [4.69, 9.17) is 5.73 Å². The molecule has 1 amide bonds. The lowest BCUT2D eigenvalue weighted by atomic mass is 9.99. The number of aryl methyl sites for hydroxylation is 1. The molecule has 1 aliphatic rings. The fourth-order valence-electron chi connectivity index (χ4n) is 2.65. The quantitative estimate of drug-likeness (QED) is 0.916. The summed E-state index contributed by atoms with van der Waals surface area (Å²) in [5.74, 6) is -0.00411. The van der Waals surface area contributed by atoms with Gasteiger partial charge in [0, 0.05) is 5.92 Å². The number of amides is 1. The summed E-state index contributed by atoms with van der Waals surface area (Å²) in [7, 11) is 0. The lowest BCUT2D eigenvalue weighted by Crippen LogP contribution is -2.26. The van der Waals surface area contributed by atoms with Crippen molar-refractivity contribution in [1.82, 2.24) is 10.3 Å². The maximum absolute atomic E-state index is 11.7. The van der Waals surface area contributed by atoms with Crippen molar-refractivity contribution < 1.29 is 4.79 Å². The number of primary amides is 1. The molecule has 0 saturated carbocycles. The Morgan fingerprint density at radius 1 is 1.29 bits per heavy atom. The van der Waals surface area contributed by atoms with Gasteiger partial charge in [0.2, 0.25) is 0 Å². The van der Waals surface area contributed by atoms with Crippen molar-refractivity contribution in [2.45, 2.75) is 25.7 Å². The van der Waals surface area contributed by atoms with Gasteiger partial charge in [0.1, 0.15) is 5.69 Å². The molecule has 1 aromatic heterocycles. The number of carbonyl (C=O) groups is 1. The molecule has 110 valence electrons. The highest BCUT2D eigenvalue weighted by Crippen LogP contribution is 2.36. The zero-order valence-electron chi connectivity index (χ0n) is 12.1. The predicted molar refractivity (Wildman–Crippen MR) is 85.6 cm³/mol. The molecule has 0 atom stereocenters. The zero-order chi connectivity index (χ0) is 14.8. The second-order valence-corrected chi connectivity index (χ2v) is 6.52. The Morgan fingerprint density at radius 3 is 2.57 bits per heavy atom. The molecule has 0 aliphatic carbocycles. The molecule has 1 aromatic carbocycles. The van der Waals surface area contributed by atoms with E-state index in [1.807, 2.05) is 31.2 Å². The first-order valence-electron chi connectivity index (χ1n) is 7.23.